The van der Waals surface area contributed by atoms with Crippen molar-refractivity contribution < 1.29 is 9.53 Å². The summed E-state index contributed by atoms with van der Waals surface area (Å²) in [4.78, 5) is 41.2. The highest BCUT2D eigenvalue weighted by molar-refractivity contribution is 7.99. The zero-order valence-corrected chi connectivity index (χ0v) is 18.8. The average Bonchev–Trinajstić information content (AvgIpc) is 3.35. The first-order valence-corrected chi connectivity index (χ1v) is 12.0. The lowest BCUT2D eigenvalue weighted by Crippen LogP contribution is -2.43. The summed E-state index contributed by atoms with van der Waals surface area (Å²) in [6, 6.07) is 1.75. The maximum atomic E-state index is 13.0. The van der Waals surface area contributed by atoms with Gasteiger partial charge in [-0.3, -0.25) is 14.2 Å². The number of aromatic nitrogens is 4. The molecule has 4 heterocycles. The number of carbonyl (C=O) groups excluding carboxylic acids is 1. The molecule has 1 saturated heterocycles. The van der Waals surface area contributed by atoms with Crippen LogP contribution in [0.25, 0.3) is 0 Å². The van der Waals surface area contributed by atoms with E-state index < -0.39 is 0 Å². The van der Waals surface area contributed by atoms with E-state index in [1.165, 1.54) is 0 Å². The summed E-state index contributed by atoms with van der Waals surface area (Å²) in [6.45, 7) is 5.11. The van der Waals surface area contributed by atoms with Crippen molar-refractivity contribution in [3.63, 3.8) is 0 Å². The fourth-order valence-electron chi connectivity index (χ4n) is 4.77. The first-order chi connectivity index (χ1) is 15.0. The highest BCUT2D eigenvalue weighted by Gasteiger charge is 2.33. The van der Waals surface area contributed by atoms with E-state index in [1.54, 1.807) is 16.3 Å². The Morgan fingerprint density at radius 1 is 1.19 bits per heavy atom. The Balaban J connectivity index is 1.19. The molecule has 1 aliphatic carbocycles. The van der Waals surface area contributed by atoms with Crippen LogP contribution in [0.2, 0.25) is 0 Å². The number of fused-ring (bicyclic) bond motifs is 2. The minimum Gasteiger partial charge on any atom is -0.474 e. The van der Waals surface area contributed by atoms with Crippen molar-refractivity contribution in [3.05, 3.63) is 39.2 Å². The quantitative estimate of drug-likeness (QED) is 0.672. The predicted octanol–water partition coefficient (Wildman–Crippen LogP) is 2.25. The van der Waals surface area contributed by atoms with Gasteiger partial charge in [-0.05, 0) is 33.1 Å². The zero-order valence-electron chi connectivity index (χ0n) is 18.0. The minimum absolute atomic E-state index is 0.0509. The molecule has 0 radical (unpaired) electrons. The summed E-state index contributed by atoms with van der Waals surface area (Å²) >= 11 is 1.60. The number of piperidine rings is 1. The van der Waals surface area contributed by atoms with Crippen molar-refractivity contribution in [1.82, 2.24) is 24.4 Å². The van der Waals surface area contributed by atoms with Crippen LogP contribution >= 0.6 is 11.8 Å². The molecule has 0 saturated carbocycles. The van der Waals surface area contributed by atoms with Gasteiger partial charge in [-0.2, -0.15) is 4.98 Å². The number of nitrogens with zero attached hydrogens (tertiary/aromatic N) is 5. The van der Waals surface area contributed by atoms with E-state index >= 15 is 0 Å². The first-order valence-electron chi connectivity index (χ1n) is 11.0. The van der Waals surface area contributed by atoms with E-state index in [0.29, 0.717) is 31.2 Å². The predicted molar refractivity (Wildman–Crippen MR) is 117 cm³/mol. The van der Waals surface area contributed by atoms with E-state index in [1.807, 2.05) is 24.8 Å². The summed E-state index contributed by atoms with van der Waals surface area (Å²) in [6.07, 6.45) is 4.67. The van der Waals surface area contributed by atoms with Crippen molar-refractivity contribution in [1.29, 1.82) is 0 Å². The van der Waals surface area contributed by atoms with Crippen LogP contribution in [0, 0.1) is 13.8 Å². The van der Waals surface area contributed by atoms with Crippen LogP contribution in [0.3, 0.4) is 0 Å². The lowest BCUT2D eigenvalue weighted by molar-refractivity contribution is -0.133. The molecule has 2 aromatic rings. The van der Waals surface area contributed by atoms with Gasteiger partial charge in [-0.1, -0.05) is 11.8 Å². The van der Waals surface area contributed by atoms with Crippen molar-refractivity contribution in [2.45, 2.75) is 69.7 Å². The molecule has 5 rings (SSSR count). The minimum atomic E-state index is -0.0978. The van der Waals surface area contributed by atoms with E-state index in [4.69, 9.17) is 9.72 Å². The molecule has 8 nitrogen and oxygen atoms in total. The number of amides is 1. The molecule has 0 spiro atoms. The van der Waals surface area contributed by atoms with Crippen molar-refractivity contribution in [3.8, 4) is 5.88 Å². The number of carbonyl (C=O) groups is 1. The van der Waals surface area contributed by atoms with E-state index in [9.17, 15) is 9.59 Å². The van der Waals surface area contributed by atoms with Gasteiger partial charge < -0.3 is 9.64 Å². The number of aryl methyl sites for hydroxylation is 3. The number of ether oxygens (including phenoxy) is 1. The number of hydrogen-bond donors (Lipinski definition) is 0. The summed E-state index contributed by atoms with van der Waals surface area (Å²) < 4.78 is 7.82. The fraction of sp³-hybridized carbons (Fsp3) is 0.591. The van der Waals surface area contributed by atoms with E-state index in [2.05, 4.69) is 9.97 Å². The fourth-order valence-corrected chi connectivity index (χ4v) is 5.92. The molecule has 0 aromatic carbocycles. The molecule has 1 amide bonds. The molecule has 1 unspecified atom stereocenters. The van der Waals surface area contributed by atoms with Crippen molar-refractivity contribution in [2.75, 3.05) is 18.8 Å². The highest BCUT2D eigenvalue weighted by Crippen LogP contribution is 2.34. The van der Waals surface area contributed by atoms with Crippen LogP contribution in [0.15, 0.2) is 16.0 Å². The summed E-state index contributed by atoms with van der Waals surface area (Å²) in [7, 11) is 0. The average molecular weight is 442 g/mol. The van der Waals surface area contributed by atoms with Gasteiger partial charge in [0.05, 0.1) is 11.7 Å². The maximum absolute atomic E-state index is 13.0. The number of hydrogen-bond acceptors (Lipinski definition) is 7. The molecule has 9 heteroatoms. The second-order valence-corrected chi connectivity index (χ2v) is 9.60. The second-order valence-electron chi connectivity index (χ2n) is 8.61. The number of rotatable bonds is 4. The molecule has 2 aliphatic heterocycles. The van der Waals surface area contributed by atoms with Crippen LogP contribution in [0.1, 0.15) is 54.5 Å². The third kappa shape index (κ3) is 4.07. The molecule has 0 N–H and O–H groups in total. The number of likely N-dealkylation sites (tertiary alicyclic amines) is 1. The topological polar surface area (TPSA) is 90.2 Å². The largest absolute Gasteiger partial charge is 0.474 e. The number of thioether (sulfide) groups is 1. The van der Waals surface area contributed by atoms with Gasteiger partial charge in [0.1, 0.15) is 11.9 Å². The van der Waals surface area contributed by atoms with Gasteiger partial charge in [-0.25, -0.2) is 9.97 Å². The van der Waals surface area contributed by atoms with Crippen LogP contribution in [0.4, 0.5) is 0 Å². The van der Waals surface area contributed by atoms with E-state index in [0.717, 1.165) is 60.0 Å². The molecule has 31 heavy (non-hydrogen) atoms. The van der Waals surface area contributed by atoms with Crippen molar-refractivity contribution >= 4 is 17.7 Å². The molecular weight excluding hydrogens is 414 g/mol. The monoisotopic (exact) mass is 441 g/mol. The standard InChI is InChI=1S/C22H27N5O3S/c1-13-10-19(24-14(2)23-13)30-16-6-8-26(9-7-16)20(28)11-15-12-31-22-25-18-5-3-4-17(18)21(29)27(15)22/h10,15-16H,3-9,11-12H2,1-2H3. The molecule has 1 atom stereocenters. The molecular formula is C22H27N5O3S. The Morgan fingerprint density at radius 2 is 2.00 bits per heavy atom. The third-order valence-electron chi connectivity index (χ3n) is 6.31. The van der Waals surface area contributed by atoms with Gasteiger partial charge in [0, 0.05) is 55.4 Å². The van der Waals surface area contributed by atoms with Crippen molar-refractivity contribution in [2.24, 2.45) is 0 Å². The molecule has 1 fully saturated rings. The zero-order chi connectivity index (χ0) is 21.5. The van der Waals surface area contributed by atoms with Gasteiger partial charge >= 0.3 is 0 Å². The molecule has 0 bridgehead atoms. The van der Waals surface area contributed by atoms with Crippen LogP contribution in [0.5, 0.6) is 5.88 Å². The van der Waals surface area contributed by atoms with Gasteiger partial charge in [-0.15, -0.1) is 0 Å². The smallest absolute Gasteiger partial charge is 0.257 e. The van der Waals surface area contributed by atoms with Crippen LogP contribution < -0.4 is 10.3 Å². The first kappa shape index (κ1) is 20.5. The molecule has 164 valence electrons. The summed E-state index contributed by atoms with van der Waals surface area (Å²) in [5, 5.41) is 0.783. The highest BCUT2D eigenvalue weighted by atomic mass is 32.2. The van der Waals surface area contributed by atoms with Crippen LogP contribution in [-0.2, 0) is 17.6 Å². The Morgan fingerprint density at radius 3 is 2.77 bits per heavy atom. The lowest BCUT2D eigenvalue weighted by Gasteiger charge is -2.32. The molecule has 3 aliphatic rings. The Kier molecular flexibility index (Phi) is 5.45. The molecule has 2 aromatic heterocycles. The second kappa shape index (κ2) is 8.26. The SMILES string of the molecule is Cc1cc(OC2CCN(C(=O)CC3CSc4nc5c(c(=O)n43)CCC5)CC2)nc(C)n1. The normalized spacial score (nSPS) is 20.6. The summed E-state index contributed by atoms with van der Waals surface area (Å²) in [5.74, 6) is 2.16. The Hall–Kier alpha value is -2.42. The Bertz CT molecular complexity index is 1060. The Labute approximate surface area is 185 Å². The van der Waals surface area contributed by atoms with Crippen LogP contribution in [-0.4, -0.2) is 55.3 Å². The summed E-state index contributed by atoms with van der Waals surface area (Å²) in [5.41, 5.74) is 2.78. The van der Waals surface area contributed by atoms with Gasteiger partial charge in [0.25, 0.3) is 5.56 Å². The van der Waals surface area contributed by atoms with Gasteiger partial charge in [0.15, 0.2) is 5.16 Å². The third-order valence-corrected chi connectivity index (χ3v) is 7.40. The van der Waals surface area contributed by atoms with E-state index in [-0.39, 0.29) is 23.6 Å². The van der Waals surface area contributed by atoms with Gasteiger partial charge in [0.2, 0.25) is 11.8 Å². The maximum Gasteiger partial charge on any atom is 0.257 e. The lowest BCUT2D eigenvalue weighted by atomic mass is 10.1.